The normalized spacial score (nSPS) is 11.8. The van der Waals surface area contributed by atoms with Gasteiger partial charge in [-0.05, 0) is 12.5 Å². The first-order chi connectivity index (χ1) is 8.65. The fraction of sp³-hybridized carbons (Fsp3) is 0.333. The number of esters is 1. The Balaban J connectivity index is 2.69. The predicted molar refractivity (Wildman–Crippen MR) is 64.1 cm³/mol. The topological polar surface area (TPSA) is 90.7 Å². The van der Waals surface area contributed by atoms with Crippen LogP contribution in [0, 0.1) is 0 Å². The van der Waals surface area contributed by atoms with E-state index < -0.39 is 17.9 Å². The number of rotatable bonds is 7. The number of hydrogen-bond acceptors (Lipinski definition) is 5. The Kier molecular flexibility index (Phi) is 5.83. The van der Waals surface area contributed by atoms with Gasteiger partial charge in [0.15, 0.2) is 6.04 Å². The molecule has 1 atom stereocenters. The third-order valence-electron chi connectivity index (χ3n) is 2.07. The highest BCUT2D eigenvalue weighted by Crippen LogP contribution is 2.14. The second-order valence-electron chi connectivity index (χ2n) is 3.47. The Labute approximate surface area is 105 Å². The zero-order chi connectivity index (χ0) is 13.4. The number of hydrogen-bond donors (Lipinski definition) is 2. The minimum Gasteiger partial charge on any atom is -0.465 e. The molecule has 1 aromatic rings. The summed E-state index contributed by atoms with van der Waals surface area (Å²) in [5.74, 6) is -1.11. The zero-order valence-corrected chi connectivity index (χ0v) is 10.1. The number of nitrogens with one attached hydrogen (secondary N) is 1. The van der Waals surface area contributed by atoms with Gasteiger partial charge in [0.05, 0.1) is 6.61 Å². The lowest BCUT2D eigenvalue weighted by atomic mass is 10.1. The van der Waals surface area contributed by atoms with E-state index in [1.807, 2.05) is 6.07 Å². The van der Waals surface area contributed by atoms with Crippen LogP contribution in [-0.2, 0) is 19.2 Å². The molecule has 98 valence electrons. The van der Waals surface area contributed by atoms with Crippen molar-refractivity contribution in [3.05, 3.63) is 35.9 Å². The Morgan fingerprint density at radius 2 is 2.00 bits per heavy atom. The number of primary amides is 1. The largest absolute Gasteiger partial charge is 0.465 e. The van der Waals surface area contributed by atoms with Crippen LogP contribution in [0.4, 0.5) is 0 Å². The van der Waals surface area contributed by atoms with Crippen LogP contribution < -0.4 is 11.2 Å². The molecule has 0 heterocycles. The molecule has 0 radical (unpaired) electrons. The molecule has 0 bridgehead atoms. The molecule has 0 fully saturated rings. The third-order valence-corrected chi connectivity index (χ3v) is 2.07. The van der Waals surface area contributed by atoms with E-state index >= 15 is 0 Å². The van der Waals surface area contributed by atoms with E-state index in [2.05, 4.69) is 5.48 Å². The van der Waals surface area contributed by atoms with Gasteiger partial charge < -0.3 is 10.5 Å². The molecule has 1 amide bonds. The predicted octanol–water partition coefficient (Wildman–Crippen LogP) is 0.297. The molecule has 18 heavy (non-hydrogen) atoms. The molecule has 1 rings (SSSR count). The van der Waals surface area contributed by atoms with Crippen molar-refractivity contribution in [3.63, 3.8) is 0 Å². The zero-order valence-electron chi connectivity index (χ0n) is 10.1. The van der Waals surface area contributed by atoms with Gasteiger partial charge in [-0.25, -0.2) is 4.79 Å². The summed E-state index contributed by atoms with van der Waals surface area (Å²) in [6.07, 6.45) is 0. The van der Waals surface area contributed by atoms with Gasteiger partial charge in [0.2, 0.25) is 5.91 Å². The van der Waals surface area contributed by atoms with Crippen LogP contribution in [0.1, 0.15) is 18.5 Å². The summed E-state index contributed by atoms with van der Waals surface area (Å²) in [4.78, 5) is 27.1. The molecular formula is C12H16N2O4. The molecule has 0 saturated carbocycles. The van der Waals surface area contributed by atoms with Crippen LogP contribution in [0.3, 0.4) is 0 Å². The third kappa shape index (κ3) is 4.52. The van der Waals surface area contributed by atoms with Crippen LogP contribution in [-0.4, -0.2) is 25.1 Å². The molecule has 1 unspecified atom stereocenters. The summed E-state index contributed by atoms with van der Waals surface area (Å²) in [6.45, 7) is 1.66. The summed E-state index contributed by atoms with van der Waals surface area (Å²) in [6, 6.07) is 8.13. The first kappa shape index (κ1) is 14.1. The van der Waals surface area contributed by atoms with Gasteiger partial charge in [0, 0.05) is 0 Å². The van der Waals surface area contributed by atoms with E-state index in [0.717, 1.165) is 0 Å². The van der Waals surface area contributed by atoms with E-state index in [1.165, 1.54) is 0 Å². The van der Waals surface area contributed by atoms with Crippen molar-refractivity contribution in [3.8, 4) is 0 Å². The lowest BCUT2D eigenvalue weighted by molar-refractivity contribution is -0.152. The molecule has 6 nitrogen and oxygen atoms in total. The van der Waals surface area contributed by atoms with Crippen molar-refractivity contribution in [2.45, 2.75) is 13.0 Å². The van der Waals surface area contributed by atoms with Crippen LogP contribution >= 0.6 is 0 Å². The standard InChI is InChI=1S/C12H16N2O4/c1-2-17-12(16)11(14-18-8-10(13)15)9-6-4-3-5-7-9/h3-7,11,14H,2,8H2,1H3,(H2,13,15). The average molecular weight is 252 g/mol. The minimum absolute atomic E-state index is 0.264. The average Bonchev–Trinajstić information content (AvgIpc) is 2.35. The Morgan fingerprint density at radius 3 is 2.56 bits per heavy atom. The maximum Gasteiger partial charge on any atom is 0.330 e. The summed E-state index contributed by atoms with van der Waals surface area (Å²) in [5, 5.41) is 0. The number of hydroxylamine groups is 1. The van der Waals surface area contributed by atoms with Crippen molar-refractivity contribution in [2.75, 3.05) is 13.2 Å². The quantitative estimate of drug-likeness (QED) is 0.538. The maximum atomic E-state index is 11.7. The maximum absolute atomic E-state index is 11.7. The number of ether oxygens (including phenoxy) is 1. The highest BCUT2D eigenvalue weighted by atomic mass is 16.7. The van der Waals surface area contributed by atoms with Crippen LogP contribution in [0.2, 0.25) is 0 Å². The molecule has 6 heteroatoms. The molecule has 0 spiro atoms. The van der Waals surface area contributed by atoms with Crippen molar-refractivity contribution >= 4 is 11.9 Å². The van der Waals surface area contributed by atoms with E-state index in [-0.39, 0.29) is 13.2 Å². The fourth-order valence-electron chi connectivity index (χ4n) is 1.32. The summed E-state index contributed by atoms with van der Waals surface area (Å²) in [7, 11) is 0. The van der Waals surface area contributed by atoms with E-state index in [1.54, 1.807) is 31.2 Å². The number of benzene rings is 1. The molecule has 1 aromatic carbocycles. The van der Waals surface area contributed by atoms with Gasteiger partial charge in [-0.1, -0.05) is 30.3 Å². The van der Waals surface area contributed by atoms with Crippen LogP contribution in [0.5, 0.6) is 0 Å². The highest BCUT2D eigenvalue weighted by molar-refractivity contribution is 5.77. The monoisotopic (exact) mass is 252 g/mol. The summed E-state index contributed by atoms with van der Waals surface area (Å²) in [5.41, 5.74) is 8.09. The van der Waals surface area contributed by atoms with Crippen LogP contribution in [0.15, 0.2) is 30.3 Å². The smallest absolute Gasteiger partial charge is 0.330 e. The van der Waals surface area contributed by atoms with E-state index in [0.29, 0.717) is 5.56 Å². The molecule has 0 aliphatic rings. The van der Waals surface area contributed by atoms with Gasteiger partial charge >= 0.3 is 5.97 Å². The fourth-order valence-corrected chi connectivity index (χ4v) is 1.32. The second-order valence-corrected chi connectivity index (χ2v) is 3.47. The van der Waals surface area contributed by atoms with E-state index in [9.17, 15) is 9.59 Å². The van der Waals surface area contributed by atoms with E-state index in [4.69, 9.17) is 15.3 Å². The van der Waals surface area contributed by atoms with Gasteiger partial charge in [0.1, 0.15) is 6.61 Å². The Morgan fingerprint density at radius 1 is 1.33 bits per heavy atom. The SMILES string of the molecule is CCOC(=O)C(NOCC(N)=O)c1ccccc1. The van der Waals surface area contributed by atoms with Gasteiger partial charge in [-0.2, -0.15) is 5.48 Å². The number of nitrogens with two attached hydrogens (primary N) is 1. The lowest BCUT2D eigenvalue weighted by Crippen LogP contribution is -2.33. The Bertz CT molecular complexity index is 394. The summed E-state index contributed by atoms with van der Waals surface area (Å²) >= 11 is 0. The molecular weight excluding hydrogens is 236 g/mol. The van der Waals surface area contributed by atoms with Gasteiger partial charge in [-0.15, -0.1) is 0 Å². The van der Waals surface area contributed by atoms with Crippen LogP contribution in [0.25, 0.3) is 0 Å². The number of carbonyl (C=O) groups excluding carboxylic acids is 2. The molecule has 0 aliphatic carbocycles. The van der Waals surface area contributed by atoms with Crippen molar-refractivity contribution in [1.29, 1.82) is 0 Å². The number of carbonyl (C=O) groups is 2. The second kappa shape index (κ2) is 7.41. The van der Waals surface area contributed by atoms with Crippen molar-refractivity contribution in [2.24, 2.45) is 5.73 Å². The first-order valence-electron chi connectivity index (χ1n) is 5.52. The molecule has 0 saturated heterocycles. The van der Waals surface area contributed by atoms with Gasteiger partial charge in [0.25, 0.3) is 0 Å². The summed E-state index contributed by atoms with van der Waals surface area (Å²) < 4.78 is 4.92. The number of amides is 1. The van der Waals surface area contributed by atoms with Crippen molar-refractivity contribution < 1.29 is 19.2 Å². The molecule has 0 aliphatic heterocycles. The highest BCUT2D eigenvalue weighted by Gasteiger charge is 2.21. The minimum atomic E-state index is -0.787. The van der Waals surface area contributed by atoms with Gasteiger partial charge in [-0.3, -0.25) is 9.63 Å². The lowest BCUT2D eigenvalue weighted by Gasteiger charge is -2.16. The molecule has 0 aromatic heterocycles. The van der Waals surface area contributed by atoms with Crippen molar-refractivity contribution in [1.82, 2.24) is 5.48 Å². The first-order valence-corrected chi connectivity index (χ1v) is 5.52. The molecule has 3 N–H and O–H groups in total. The Hall–Kier alpha value is -1.92.